The normalized spacial score (nSPS) is 20.3. The summed E-state index contributed by atoms with van der Waals surface area (Å²) < 4.78 is 19.4. The van der Waals surface area contributed by atoms with Gasteiger partial charge in [-0.3, -0.25) is 0 Å². The van der Waals surface area contributed by atoms with Crippen LogP contribution in [0.3, 0.4) is 0 Å². The lowest BCUT2D eigenvalue weighted by Crippen LogP contribution is -2.12. The van der Waals surface area contributed by atoms with Crippen LogP contribution in [0.15, 0.2) is 30.4 Å². The second-order valence-electron chi connectivity index (χ2n) is 7.04. The highest BCUT2D eigenvalue weighted by Gasteiger charge is 2.18. The fourth-order valence-electron chi connectivity index (χ4n) is 3.37. The third-order valence-corrected chi connectivity index (χ3v) is 4.93. The van der Waals surface area contributed by atoms with Gasteiger partial charge in [-0.15, -0.1) is 0 Å². The Hall–Kier alpha value is -1.75. The van der Waals surface area contributed by atoms with Crippen molar-refractivity contribution in [2.45, 2.75) is 65.2 Å². The van der Waals surface area contributed by atoms with Crippen LogP contribution in [0.1, 0.15) is 70.8 Å². The molecule has 0 N–H and O–H groups in total. The highest BCUT2D eigenvalue weighted by molar-refractivity contribution is 5.41. The molecule has 1 aromatic carbocycles. The molecule has 1 fully saturated rings. The van der Waals surface area contributed by atoms with Crippen LogP contribution in [0.2, 0.25) is 0 Å². The van der Waals surface area contributed by atoms with E-state index < -0.39 is 0 Å². The van der Waals surface area contributed by atoms with Crippen LogP contribution in [0.4, 0.5) is 4.39 Å². The predicted molar refractivity (Wildman–Crippen MR) is 103 cm³/mol. The Morgan fingerprint density at radius 3 is 2.64 bits per heavy atom. The summed E-state index contributed by atoms with van der Waals surface area (Å²) in [5.41, 5.74) is 0.428. The van der Waals surface area contributed by atoms with Gasteiger partial charge in [-0.1, -0.05) is 51.0 Å². The maximum atomic E-state index is 14.0. The van der Waals surface area contributed by atoms with E-state index in [1.165, 1.54) is 51.0 Å². The molecule has 0 aromatic heterocycles. The number of unbranched alkanes of at least 4 members (excludes halogenated alkanes) is 1. The number of halogens is 1. The number of allylic oxidation sites excluding steroid dienone is 2. The summed E-state index contributed by atoms with van der Waals surface area (Å²) >= 11 is 0. The number of hydrogen-bond acceptors (Lipinski definition) is 1. The topological polar surface area (TPSA) is 9.23 Å². The largest absolute Gasteiger partial charge is 0.494 e. The molecule has 2 heteroatoms. The molecule has 2 rings (SSSR count). The Morgan fingerprint density at radius 1 is 1.16 bits per heavy atom. The van der Waals surface area contributed by atoms with Crippen molar-refractivity contribution in [3.63, 3.8) is 0 Å². The van der Waals surface area contributed by atoms with Crippen LogP contribution >= 0.6 is 0 Å². The minimum Gasteiger partial charge on any atom is -0.494 e. The van der Waals surface area contributed by atoms with Crippen molar-refractivity contribution in [2.75, 3.05) is 6.61 Å². The average molecular weight is 342 g/mol. The van der Waals surface area contributed by atoms with Gasteiger partial charge in [-0.2, -0.15) is 0 Å². The van der Waals surface area contributed by atoms with E-state index in [1.54, 1.807) is 12.1 Å². The van der Waals surface area contributed by atoms with Gasteiger partial charge >= 0.3 is 0 Å². The summed E-state index contributed by atoms with van der Waals surface area (Å²) in [6.45, 7) is 4.90. The lowest BCUT2D eigenvalue weighted by atomic mass is 9.80. The highest BCUT2D eigenvalue weighted by Crippen LogP contribution is 2.32. The molecule has 0 unspecified atom stereocenters. The van der Waals surface area contributed by atoms with E-state index in [1.807, 2.05) is 13.0 Å². The van der Waals surface area contributed by atoms with Crippen molar-refractivity contribution in [2.24, 2.45) is 11.8 Å². The minimum absolute atomic E-state index is 0.314. The summed E-state index contributed by atoms with van der Waals surface area (Å²) in [5, 5.41) is 0. The quantitative estimate of drug-likeness (QED) is 0.513. The third-order valence-electron chi connectivity index (χ3n) is 4.93. The molecule has 0 saturated heterocycles. The Morgan fingerprint density at radius 2 is 1.96 bits per heavy atom. The number of ether oxygens (including phenoxy) is 1. The van der Waals surface area contributed by atoms with E-state index in [-0.39, 0.29) is 5.82 Å². The molecule has 0 aliphatic heterocycles. The summed E-state index contributed by atoms with van der Waals surface area (Å²) in [7, 11) is 0. The second-order valence-corrected chi connectivity index (χ2v) is 7.04. The van der Waals surface area contributed by atoms with Gasteiger partial charge in [-0.05, 0) is 62.1 Å². The highest BCUT2D eigenvalue weighted by atomic mass is 19.1. The maximum Gasteiger partial charge on any atom is 0.142 e. The Kier molecular flexibility index (Phi) is 8.60. The van der Waals surface area contributed by atoms with Crippen molar-refractivity contribution in [3.8, 4) is 17.6 Å². The van der Waals surface area contributed by atoms with E-state index in [0.29, 0.717) is 23.8 Å². The molecular weight excluding hydrogens is 311 g/mol. The Labute approximate surface area is 152 Å². The SMILES string of the molecule is CCCC[C@H]1CC[C@H](/C=C/C#Cc2ccc(OCCC)cc2F)CC1. The average Bonchev–Trinajstić information content (AvgIpc) is 2.64. The molecule has 0 bridgehead atoms. The summed E-state index contributed by atoms with van der Waals surface area (Å²) in [5.74, 6) is 7.72. The predicted octanol–water partition coefficient (Wildman–Crippen LogP) is 6.52. The van der Waals surface area contributed by atoms with Gasteiger partial charge in [0.05, 0.1) is 12.2 Å². The molecule has 0 spiro atoms. The van der Waals surface area contributed by atoms with Crippen molar-refractivity contribution < 1.29 is 9.13 Å². The lowest BCUT2D eigenvalue weighted by Gasteiger charge is -2.26. The van der Waals surface area contributed by atoms with Gasteiger partial charge in [0, 0.05) is 6.07 Å². The molecule has 1 aliphatic rings. The molecule has 25 heavy (non-hydrogen) atoms. The minimum atomic E-state index is -0.314. The fourth-order valence-corrected chi connectivity index (χ4v) is 3.37. The van der Waals surface area contributed by atoms with Crippen LogP contribution in [0.5, 0.6) is 5.75 Å². The molecule has 0 atom stereocenters. The fraction of sp³-hybridized carbons (Fsp3) is 0.565. The zero-order chi connectivity index (χ0) is 17.9. The maximum absolute atomic E-state index is 14.0. The first-order valence-corrected chi connectivity index (χ1v) is 9.83. The summed E-state index contributed by atoms with van der Waals surface area (Å²) in [4.78, 5) is 0. The second kappa shape index (κ2) is 11.0. The van der Waals surface area contributed by atoms with E-state index in [9.17, 15) is 4.39 Å². The first-order valence-electron chi connectivity index (χ1n) is 9.83. The van der Waals surface area contributed by atoms with E-state index >= 15 is 0 Å². The Bertz CT molecular complexity index is 600. The van der Waals surface area contributed by atoms with Crippen LogP contribution in [-0.2, 0) is 0 Å². The Balaban J connectivity index is 1.81. The van der Waals surface area contributed by atoms with Crippen LogP contribution in [-0.4, -0.2) is 6.61 Å². The molecule has 1 saturated carbocycles. The van der Waals surface area contributed by atoms with Gasteiger partial charge in [0.2, 0.25) is 0 Å². The zero-order valence-corrected chi connectivity index (χ0v) is 15.7. The molecule has 136 valence electrons. The van der Waals surface area contributed by atoms with Gasteiger partial charge in [-0.25, -0.2) is 4.39 Å². The number of benzene rings is 1. The van der Waals surface area contributed by atoms with E-state index in [0.717, 1.165) is 12.3 Å². The van der Waals surface area contributed by atoms with Crippen molar-refractivity contribution in [1.29, 1.82) is 0 Å². The van der Waals surface area contributed by atoms with Crippen LogP contribution in [0, 0.1) is 29.5 Å². The van der Waals surface area contributed by atoms with Crippen molar-refractivity contribution >= 4 is 0 Å². The zero-order valence-electron chi connectivity index (χ0n) is 15.7. The van der Waals surface area contributed by atoms with Crippen molar-refractivity contribution in [1.82, 2.24) is 0 Å². The standard InChI is InChI=1S/C23H31FO/c1-3-5-8-19-11-13-20(14-12-19)9-6-7-10-21-15-16-22(18-23(21)24)25-17-4-2/h6,9,15-16,18-20H,3-5,8,11-14,17H2,1-2H3/b9-6+/t19-,20-. The first kappa shape index (κ1) is 19.6. The van der Waals surface area contributed by atoms with Crippen molar-refractivity contribution in [3.05, 3.63) is 41.7 Å². The molecule has 0 radical (unpaired) electrons. The monoisotopic (exact) mass is 342 g/mol. The van der Waals surface area contributed by atoms with Crippen LogP contribution in [0.25, 0.3) is 0 Å². The van der Waals surface area contributed by atoms with Gasteiger partial charge < -0.3 is 4.74 Å². The van der Waals surface area contributed by atoms with E-state index in [2.05, 4.69) is 24.8 Å². The molecule has 0 amide bonds. The molecule has 1 nitrogen and oxygen atoms in total. The molecular formula is C23H31FO. The molecule has 1 aliphatic carbocycles. The van der Waals surface area contributed by atoms with Gasteiger partial charge in [0.25, 0.3) is 0 Å². The van der Waals surface area contributed by atoms with Crippen LogP contribution < -0.4 is 4.74 Å². The molecule has 1 aromatic rings. The summed E-state index contributed by atoms with van der Waals surface area (Å²) in [6.07, 6.45) is 14.3. The van der Waals surface area contributed by atoms with Gasteiger partial charge in [0.15, 0.2) is 0 Å². The smallest absolute Gasteiger partial charge is 0.142 e. The van der Waals surface area contributed by atoms with E-state index in [4.69, 9.17) is 4.74 Å². The lowest BCUT2D eigenvalue weighted by molar-refractivity contribution is 0.291. The number of hydrogen-bond donors (Lipinski definition) is 0. The number of rotatable bonds is 7. The summed E-state index contributed by atoms with van der Waals surface area (Å²) in [6, 6.07) is 4.89. The first-order chi connectivity index (χ1) is 12.2. The third kappa shape index (κ3) is 6.94. The molecule has 0 heterocycles. The van der Waals surface area contributed by atoms with Gasteiger partial charge in [0.1, 0.15) is 11.6 Å².